The Hall–Kier alpha value is -2.32. The first-order chi connectivity index (χ1) is 9.11. The van der Waals surface area contributed by atoms with Crippen molar-refractivity contribution in [3.05, 3.63) is 21.0 Å². The molecule has 0 radical (unpaired) electrons. The molecule has 0 aliphatic rings. The molecule has 1 heterocycles. The van der Waals surface area contributed by atoms with Gasteiger partial charge in [0.25, 0.3) is 0 Å². The monoisotopic (exact) mass is 287 g/mol. The molecule has 0 amide bonds. The smallest absolute Gasteiger partial charge is 0.345 e. The average molecular weight is 287 g/mol. The lowest BCUT2D eigenvalue weighted by atomic mass is 10.1. The standard InChI is InChI=1S/C11H17N3O6/c1-11(2,3)20-8(17)6(4-5-7(15)16)14-9(18)12-13-10(14)19/h6H,4-5H2,1-3H3,(H,12,18)(H,13,19)(H,15,16)/t6-/m0/s1. The highest BCUT2D eigenvalue weighted by molar-refractivity contribution is 5.76. The van der Waals surface area contributed by atoms with Gasteiger partial charge in [-0.05, 0) is 27.2 Å². The minimum absolute atomic E-state index is 0.217. The lowest BCUT2D eigenvalue weighted by Crippen LogP contribution is -2.39. The van der Waals surface area contributed by atoms with E-state index in [0.29, 0.717) is 4.57 Å². The number of rotatable bonds is 5. The maximum atomic E-state index is 12.0. The predicted molar refractivity (Wildman–Crippen MR) is 67.4 cm³/mol. The van der Waals surface area contributed by atoms with Crippen molar-refractivity contribution in [3.63, 3.8) is 0 Å². The Bertz CT molecular complexity index is 575. The largest absolute Gasteiger partial charge is 0.481 e. The molecule has 0 aromatic carbocycles. The van der Waals surface area contributed by atoms with Crippen molar-refractivity contribution < 1.29 is 19.4 Å². The number of aromatic nitrogens is 3. The summed E-state index contributed by atoms with van der Waals surface area (Å²) in [5, 5.41) is 12.8. The molecule has 9 nitrogen and oxygen atoms in total. The summed E-state index contributed by atoms with van der Waals surface area (Å²) in [5.41, 5.74) is -2.46. The van der Waals surface area contributed by atoms with Gasteiger partial charge < -0.3 is 9.84 Å². The maximum Gasteiger partial charge on any atom is 0.345 e. The zero-order valence-electron chi connectivity index (χ0n) is 11.4. The highest BCUT2D eigenvalue weighted by atomic mass is 16.6. The molecule has 0 spiro atoms. The minimum Gasteiger partial charge on any atom is -0.481 e. The number of ether oxygens (including phenoxy) is 1. The summed E-state index contributed by atoms with van der Waals surface area (Å²) in [7, 11) is 0. The van der Waals surface area contributed by atoms with E-state index in [4.69, 9.17) is 9.84 Å². The molecule has 1 rings (SSSR count). The Morgan fingerprint density at radius 1 is 1.25 bits per heavy atom. The van der Waals surface area contributed by atoms with E-state index in [0.717, 1.165) is 0 Å². The normalized spacial score (nSPS) is 12.9. The van der Waals surface area contributed by atoms with Crippen LogP contribution >= 0.6 is 0 Å². The van der Waals surface area contributed by atoms with Gasteiger partial charge in [-0.25, -0.2) is 29.1 Å². The molecular formula is C11H17N3O6. The van der Waals surface area contributed by atoms with Crippen LogP contribution in [0, 0.1) is 0 Å². The summed E-state index contributed by atoms with van der Waals surface area (Å²) in [4.78, 5) is 45.7. The SMILES string of the molecule is CC(C)(C)OC(=O)[C@H](CCC(=O)O)n1c(=O)[nH][nH]c1=O. The van der Waals surface area contributed by atoms with Crippen molar-refractivity contribution in [1.82, 2.24) is 14.8 Å². The fraction of sp³-hybridized carbons (Fsp3) is 0.636. The van der Waals surface area contributed by atoms with E-state index in [1.807, 2.05) is 10.2 Å². The molecule has 20 heavy (non-hydrogen) atoms. The second-order valence-corrected chi connectivity index (χ2v) is 5.21. The molecule has 1 aromatic heterocycles. The van der Waals surface area contributed by atoms with Gasteiger partial charge in [-0.1, -0.05) is 0 Å². The zero-order valence-corrected chi connectivity index (χ0v) is 11.4. The molecule has 1 aromatic rings. The van der Waals surface area contributed by atoms with Crippen molar-refractivity contribution in [1.29, 1.82) is 0 Å². The molecule has 0 saturated carbocycles. The van der Waals surface area contributed by atoms with Crippen molar-refractivity contribution in [2.24, 2.45) is 0 Å². The molecule has 1 atom stereocenters. The first-order valence-corrected chi connectivity index (χ1v) is 5.95. The summed E-state index contributed by atoms with van der Waals surface area (Å²) in [6.07, 6.45) is -0.591. The highest BCUT2D eigenvalue weighted by Crippen LogP contribution is 2.17. The van der Waals surface area contributed by atoms with Crippen LogP contribution in [-0.2, 0) is 14.3 Å². The van der Waals surface area contributed by atoms with E-state index in [1.54, 1.807) is 20.8 Å². The van der Waals surface area contributed by atoms with Gasteiger partial charge >= 0.3 is 23.3 Å². The van der Waals surface area contributed by atoms with Gasteiger partial charge in [0.2, 0.25) is 0 Å². The fourth-order valence-corrected chi connectivity index (χ4v) is 1.59. The Morgan fingerprint density at radius 2 is 1.75 bits per heavy atom. The van der Waals surface area contributed by atoms with E-state index in [2.05, 4.69) is 0 Å². The molecule has 0 saturated heterocycles. The molecular weight excluding hydrogens is 270 g/mol. The van der Waals surface area contributed by atoms with Gasteiger partial charge in [-0.2, -0.15) is 0 Å². The topological polar surface area (TPSA) is 134 Å². The Labute approximate surface area is 113 Å². The van der Waals surface area contributed by atoms with Crippen molar-refractivity contribution in [2.45, 2.75) is 45.3 Å². The third-order valence-electron chi connectivity index (χ3n) is 2.34. The summed E-state index contributed by atoms with van der Waals surface area (Å²) in [6.45, 7) is 4.88. The van der Waals surface area contributed by atoms with Gasteiger partial charge in [0.1, 0.15) is 11.6 Å². The first-order valence-electron chi connectivity index (χ1n) is 5.95. The lowest BCUT2D eigenvalue weighted by molar-refractivity contribution is -0.159. The number of nitrogens with one attached hydrogen (secondary N) is 2. The quantitative estimate of drug-likeness (QED) is 0.631. The van der Waals surface area contributed by atoms with Crippen LogP contribution in [0.3, 0.4) is 0 Å². The van der Waals surface area contributed by atoms with Gasteiger partial charge in [0.05, 0.1) is 0 Å². The molecule has 0 fully saturated rings. The number of hydrogen-bond donors (Lipinski definition) is 3. The zero-order chi connectivity index (χ0) is 15.5. The Kier molecular flexibility index (Phi) is 4.53. The van der Waals surface area contributed by atoms with Crippen molar-refractivity contribution >= 4 is 11.9 Å². The predicted octanol–water partition coefficient (Wildman–Crippen LogP) is -0.388. The van der Waals surface area contributed by atoms with Gasteiger partial charge in [-0.3, -0.25) is 4.79 Å². The van der Waals surface area contributed by atoms with Crippen molar-refractivity contribution in [2.75, 3.05) is 0 Å². The second kappa shape index (κ2) is 5.76. The van der Waals surface area contributed by atoms with Crippen LogP contribution < -0.4 is 11.4 Å². The molecule has 0 unspecified atom stereocenters. The van der Waals surface area contributed by atoms with E-state index in [9.17, 15) is 19.2 Å². The van der Waals surface area contributed by atoms with Gasteiger partial charge in [-0.15, -0.1) is 0 Å². The molecule has 0 aliphatic carbocycles. The number of carbonyl (C=O) groups is 2. The number of carboxylic acid groups (broad SMARTS) is 1. The summed E-state index contributed by atoms with van der Waals surface area (Å²) in [5.74, 6) is -1.97. The van der Waals surface area contributed by atoms with E-state index in [1.165, 1.54) is 0 Å². The lowest BCUT2D eigenvalue weighted by Gasteiger charge is -2.23. The molecule has 9 heteroatoms. The minimum atomic E-state index is -1.28. The van der Waals surface area contributed by atoms with E-state index >= 15 is 0 Å². The molecule has 112 valence electrons. The van der Waals surface area contributed by atoms with Crippen LogP contribution in [0.5, 0.6) is 0 Å². The number of aromatic amines is 2. The highest BCUT2D eigenvalue weighted by Gasteiger charge is 2.30. The maximum absolute atomic E-state index is 12.0. The average Bonchev–Trinajstić information content (AvgIpc) is 2.58. The van der Waals surface area contributed by atoms with Gasteiger partial charge in [0.15, 0.2) is 0 Å². The van der Waals surface area contributed by atoms with E-state index < -0.39 is 35.0 Å². The molecule has 3 N–H and O–H groups in total. The summed E-state index contributed by atoms with van der Waals surface area (Å²) < 4.78 is 5.73. The van der Waals surface area contributed by atoms with Crippen LogP contribution in [0.15, 0.2) is 9.59 Å². The fourth-order valence-electron chi connectivity index (χ4n) is 1.59. The third kappa shape index (κ3) is 4.11. The summed E-state index contributed by atoms with van der Waals surface area (Å²) in [6, 6.07) is -1.28. The Morgan fingerprint density at radius 3 is 2.15 bits per heavy atom. The second-order valence-electron chi connectivity index (χ2n) is 5.21. The van der Waals surface area contributed by atoms with Crippen molar-refractivity contribution in [3.8, 4) is 0 Å². The number of aliphatic carboxylic acids is 1. The first kappa shape index (κ1) is 15.7. The van der Waals surface area contributed by atoms with Crippen LogP contribution in [-0.4, -0.2) is 37.4 Å². The van der Waals surface area contributed by atoms with Crippen LogP contribution in [0.2, 0.25) is 0 Å². The molecule has 0 aliphatic heterocycles. The number of H-pyrrole nitrogens is 2. The van der Waals surface area contributed by atoms with E-state index in [-0.39, 0.29) is 12.8 Å². The van der Waals surface area contributed by atoms with Gasteiger partial charge in [0, 0.05) is 6.42 Å². The number of carbonyl (C=O) groups excluding carboxylic acids is 1. The number of hydrogen-bond acceptors (Lipinski definition) is 5. The Balaban J connectivity index is 3.09. The third-order valence-corrected chi connectivity index (χ3v) is 2.34. The number of esters is 1. The molecule has 0 bridgehead atoms. The van der Waals surface area contributed by atoms with Crippen LogP contribution in [0.1, 0.15) is 39.7 Å². The van der Waals surface area contributed by atoms with Crippen LogP contribution in [0.25, 0.3) is 0 Å². The van der Waals surface area contributed by atoms with Crippen LogP contribution in [0.4, 0.5) is 0 Å². The number of carboxylic acids is 1. The summed E-state index contributed by atoms with van der Waals surface area (Å²) >= 11 is 0. The number of nitrogens with zero attached hydrogens (tertiary/aromatic N) is 1.